The van der Waals surface area contributed by atoms with Crippen LogP contribution in [0, 0.1) is 0 Å². The number of Topliss-reactive ketones (excluding diaryl/α,β-unsaturated/α-hetero) is 1. The summed E-state index contributed by atoms with van der Waals surface area (Å²) in [6.07, 6.45) is 3.67. The van der Waals surface area contributed by atoms with Crippen molar-refractivity contribution in [3.63, 3.8) is 0 Å². The van der Waals surface area contributed by atoms with Crippen molar-refractivity contribution in [3.05, 3.63) is 70.8 Å². The van der Waals surface area contributed by atoms with Crippen molar-refractivity contribution in [2.45, 2.75) is 12.8 Å². The predicted molar refractivity (Wildman–Crippen MR) is 90.9 cm³/mol. The molecule has 0 aromatic heterocycles. The summed E-state index contributed by atoms with van der Waals surface area (Å²) in [4.78, 5) is 12.6. The van der Waals surface area contributed by atoms with Gasteiger partial charge in [-0.05, 0) is 42.2 Å². The van der Waals surface area contributed by atoms with Gasteiger partial charge in [0.15, 0.2) is 5.78 Å². The van der Waals surface area contributed by atoms with E-state index in [-0.39, 0.29) is 5.78 Å². The van der Waals surface area contributed by atoms with Gasteiger partial charge in [0.25, 0.3) is 0 Å². The van der Waals surface area contributed by atoms with Gasteiger partial charge in [-0.1, -0.05) is 36.4 Å². The average molecular weight is 308 g/mol. The van der Waals surface area contributed by atoms with E-state index in [0.29, 0.717) is 13.2 Å². The molecule has 1 aliphatic rings. The summed E-state index contributed by atoms with van der Waals surface area (Å²) in [7, 11) is 1.65. The molecule has 0 heterocycles. The molecule has 23 heavy (non-hydrogen) atoms. The van der Waals surface area contributed by atoms with Crippen molar-refractivity contribution >= 4 is 11.9 Å². The third-order valence-corrected chi connectivity index (χ3v) is 3.97. The fourth-order valence-electron chi connectivity index (χ4n) is 2.79. The van der Waals surface area contributed by atoms with Crippen LogP contribution in [0.25, 0.3) is 6.08 Å². The molecule has 3 nitrogen and oxygen atoms in total. The zero-order valence-electron chi connectivity index (χ0n) is 13.2. The fraction of sp³-hybridized carbons (Fsp3) is 0.250. The molecule has 0 amide bonds. The minimum Gasteiger partial charge on any atom is -0.491 e. The van der Waals surface area contributed by atoms with Gasteiger partial charge in [0.2, 0.25) is 0 Å². The Bertz CT molecular complexity index is 731. The van der Waals surface area contributed by atoms with E-state index in [1.54, 1.807) is 7.11 Å². The van der Waals surface area contributed by atoms with Gasteiger partial charge in [-0.25, -0.2) is 0 Å². The first kappa shape index (κ1) is 15.5. The Balaban J connectivity index is 1.80. The van der Waals surface area contributed by atoms with Gasteiger partial charge in [-0.3, -0.25) is 4.79 Å². The molecular weight excluding hydrogens is 288 g/mol. The lowest BCUT2D eigenvalue weighted by Crippen LogP contribution is -2.13. The number of carbonyl (C=O) groups is 1. The second kappa shape index (κ2) is 7.25. The van der Waals surface area contributed by atoms with Crippen molar-refractivity contribution in [2.24, 2.45) is 0 Å². The Morgan fingerprint density at radius 3 is 2.78 bits per heavy atom. The second-order valence-corrected chi connectivity index (χ2v) is 5.57. The normalized spacial score (nSPS) is 15.5. The summed E-state index contributed by atoms with van der Waals surface area (Å²) < 4.78 is 10.6. The van der Waals surface area contributed by atoms with Crippen LogP contribution in [0.1, 0.15) is 27.9 Å². The number of rotatable bonds is 5. The molecule has 0 saturated heterocycles. The van der Waals surface area contributed by atoms with Crippen molar-refractivity contribution in [1.82, 2.24) is 0 Å². The van der Waals surface area contributed by atoms with Crippen LogP contribution in [0.15, 0.2) is 54.1 Å². The first-order valence-electron chi connectivity index (χ1n) is 7.83. The summed E-state index contributed by atoms with van der Waals surface area (Å²) in [5.74, 6) is 0.928. The number of carbonyl (C=O) groups excluding carboxylic acids is 1. The van der Waals surface area contributed by atoms with E-state index in [1.165, 1.54) is 0 Å². The van der Waals surface area contributed by atoms with E-state index in [0.717, 1.165) is 40.9 Å². The molecule has 0 unspecified atom stereocenters. The number of hydrogen-bond acceptors (Lipinski definition) is 3. The highest BCUT2D eigenvalue weighted by Crippen LogP contribution is 2.27. The molecule has 0 spiro atoms. The highest BCUT2D eigenvalue weighted by molar-refractivity contribution is 6.13. The Morgan fingerprint density at radius 1 is 1.04 bits per heavy atom. The average Bonchev–Trinajstić information content (AvgIpc) is 2.58. The maximum Gasteiger partial charge on any atom is 0.189 e. The highest BCUT2D eigenvalue weighted by atomic mass is 16.5. The van der Waals surface area contributed by atoms with Crippen LogP contribution in [-0.2, 0) is 11.2 Å². The number of methoxy groups -OCH3 is 1. The van der Waals surface area contributed by atoms with E-state index >= 15 is 0 Å². The van der Waals surface area contributed by atoms with Crippen molar-refractivity contribution < 1.29 is 14.3 Å². The lowest BCUT2D eigenvalue weighted by molar-refractivity contribution is 0.102. The monoisotopic (exact) mass is 308 g/mol. The first-order chi connectivity index (χ1) is 11.3. The molecule has 2 aromatic rings. The van der Waals surface area contributed by atoms with Crippen LogP contribution < -0.4 is 4.74 Å². The molecule has 0 saturated carbocycles. The minimum atomic E-state index is 0.137. The van der Waals surface area contributed by atoms with Crippen LogP contribution in [0.5, 0.6) is 5.75 Å². The van der Waals surface area contributed by atoms with Crippen molar-refractivity contribution in [3.8, 4) is 5.75 Å². The smallest absolute Gasteiger partial charge is 0.189 e. The van der Waals surface area contributed by atoms with Gasteiger partial charge in [0.1, 0.15) is 12.4 Å². The molecule has 0 aliphatic heterocycles. The molecule has 118 valence electrons. The predicted octanol–water partition coefficient (Wildman–Crippen LogP) is 3.92. The first-order valence-corrected chi connectivity index (χ1v) is 7.83. The SMILES string of the molecule is COCCOc1cccc(/C=C2\CCc3ccccc3C2=O)c1. The summed E-state index contributed by atoms with van der Waals surface area (Å²) >= 11 is 0. The molecule has 0 bridgehead atoms. The molecule has 2 aromatic carbocycles. The summed E-state index contributed by atoms with van der Waals surface area (Å²) in [6, 6.07) is 15.7. The Kier molecular flexibility index (Phi) is 4.89. The maximum atomic E-state index is 12.6. The maximum absolute atomic E-state index is 12.6. The van der Waals surface area contributed by atoms with Crippen molar-refractivity contribution in [2.75, 3.05) is 20.3 Å². The Labute approximate surface area is 136 Å². The number of ketones is 1. The standard InChI is InChI=1S/C20H20O3/c1-22-11-12-23-18-7-4-5-15(14-18)13-17-10-9-16-6-2-3-8-19(16)20(17)21/h2-8,13-14H,9-12H2,1H3/b17-13+. The number of allylic oxidation sites excluding steroid dienone is 1. The third kappa shape index (κ3) is 3.69. The summed E-state index contributed by atoms with van der Waals surface area (Å²) in [5, 5.41) is 0. The summed E-state index contributed by atoms with van der Waals surface area (Å²) in [5.41, 5.74) is 3.82. The van der Waals surface area contributed by atoms with Gasteiger partial charge >= 0.3 is 0 Å². The molecule has 1 aliphatic carbocycles. The minimum absolute atomic E-state index is 0.137. The van der Waals surface area contributed by atoms with Crippen molar-refractivity contribution in [1.29, 1.82) is 0 Å². The number of ether oxygens (including phenoxy) is 2. The van der Waals surface area contributed by atoms with Gasteiger partial charge < -0.3 is 9.47 Å². The highest BCUT2D eigenvalue weighted by Gasteiger charge is 2.21. The van der Waals surface area contributed by atoms with Gasteiger partial charge in [0, 0.05) is 18.2 Å². The molecular formula is C20H20O3. The van der Waals surface area contributed by atoms with Gasteiger partial charge in [0.05, 0.1) is 6.61 Å². The second-order valence-electron chi connectivity index (χ2n) is 5.57. The molecule has 3 rings (SSSR count). The molecule has 3 heteroatoms. The van der Waals surface area contributed by atoms with Gasteiger partial charge in [-0.2, -0.15) is 0 Å². The molecule has 0 atom stereocenters. The summed E-state index contributed by atoms with van der Waals surface area (Å²) in [6.45, 7) is 1.07. The van der Waals surface area contributed by atoms with E-state index in [1.807, 2.05) is 54.6 Å². The topological polar surface area (TPSA) is 35.5 Å². The fourth-order valence-corrected chi connectivity index (χ4v) is 2.79. The Morgan fingerprint density at radius 2 is 1.91 bits per heavy atom. The number of fused-ring (bicyclic) bond motifs is 1. The van der Waals surface area contributed by atoms with Gasteiger partial charge in [-0.15, -0.1) is 0 Å². The lowest BCUT2D eigenvalue weighted by Gasteiger charge is -2.17. The molecule has 0 fully saturated rings. The number of aryl methyl sites for hydroxylation is 1. The van der Waals surface area contributed by atoms with Crippen LogP contribution in [0.4, 0.5) is 0 Å². The molecule has 0 N–H and O–H groups in total. The molecule has 0 radical (unpaired) electrons. The number of benzene rings is 2. The largest absolute Gasteiger partial charge is 0.491 e. The van der Waals surface area contributed by atoms with Crippen LogP contribution in [-0.4, -0.2) is 26.1 Å². The van der Waals surface area contributed by atoms with E-state index < -0.39 is 0 Å². The zero-order valence-corrected chi connectivity index (χ0v) is 13.2. The van der Waals surface area contributed by atoms with E-state index in [9.17, 15) is 4.79 Å². The number of hydrogen-bond donors (Lipinski definition) is 0. The van der Waals surface area contributed by atoms with Crippen LogP contribution >= 0.6 is 0 Å². The van der Waals surface area contributed by atoms with E-state index in [4.69, 9.17) is 9.47 Å². The lowest BCUT2D eigenvalue weighted by atomic mass is 9.86. The van der Waals surface area contributed by atoms with E-state index in [2.05, 4.69) is 0 Å². The van der Waals surface area contributed by atoms with Crippen LogP contribution in [0.2, 0.25) is 0 Å². The zero-order chi connectivity index (χ0) is 16.1. The quantitative estimate of drug-likeness (QED) is 0.620. The third-order valence-electron chi connectivity index (χ3n) is 3.97. The van der Waals surface area contributed by atoms with Crippen LogP contribution in [0.3, 0.4) is 0 Å². The Hall–Kier alpha value is -2.39.